The number of amides is 2. The van der Waals surface area contributed by atoms with E-state index in [-0.39, 0.29) is 12.2 Å². The second-order valence-electron chi connectivity index (χ2n) is 6.02. The van der Waals surface area contributed by atoms with Crippen molar-refractivity contribution in [2.45, 2.75) is 6.18 Å². The van der Waals surface area contributed by atoms with E-state index in [1.54, 1.807) is 6.07 Å². The molecule has 0 saturated heterocycles. The minimum absolute atomic E-state index is 0.294. The van der Waals surface area contributed by atoms with E-state index in [1.807, 2.05) is 24.3 Å². The van der Waals surface area contributed by atoms with Crippen LogP contribution in [0, 0.1) is 0 Å². The van der Waals surface area contributed by atoms with E-state index in [9.17, 15) is 22.8 Å². The SMILES string of the molecule is CN(CC(=O)Nc1ccccc1C(F)(F)F)C(=O)c1cc2ccccc2[nH]1. The van der Waals surface area contributed by atoms with Crippen LogP contribution in [0.1, 0.15) is 16.1 Å². The van der Waals surface area contributed by atoms with Crippen molar-refractivity contribution in [3.63, 3.8) is 0 Å². The predicted molar refractivity (Wildman–Crippen MR) is 95.3 cm³/mol. The van der Waals surface area contributed by atoms with Gasteiger partial charge in [0, 0.05) is 18.0 Å². The topological polar surface area (TPSA) is 65.2 Å². The van der Waals surface area contributed by atoms with Crippen molar-refractivity contribution >= 4 is 28.4 Å². The molecule has 0 unspecified atom stereocenters. The number of fused-ring (bicyclic) bond motifs is 1. The minimum atomic E-state index is -4.59. The Bertz CT molecular complexity index is 962. The molecular weight excluding hydrogens is 359 g/mol. The molecule has 27 heavy (non-hydrogen) atoms. The van der Waals surface area contributed by atoms with Gasteiger partial charge in [0.25, 0.3) is 5.91 Å². The van der Waals surface area contributed by atoms with Crippen LogP contribution in [0.3, 0.4) is 0 Å². The summed E-state index contributed by atoms with van der Waals surface area (Å²) in [6.07, 6.45) is -4.59. The lowest BCUT2D eigenvalue weighted by atomic mass is 10.1. The molecule has 1 aromatic heterocycles. The van der Waals surface area contributed by atoms with Gasteiger partial charge in [-0.2, -0.15) is 13.2 Å². The molecule has 5 nitrogen and oxygen atoms in total. The van der Waals surface area contributed by atoms with Gasteiger partial charge in [-0.15, -0.1) is 0 Å². The number of anilines is 1. The van der Waals surface area contributed by atoms with Gasteiger partial charge in [0.05, 0.1) is 17.8 Å². The molecule has 0 atom stereocenters. The van der Waals surface area contributed by atoms with Crippen LogP contribution < -0.4 is 5.32 Å². The second-order valence-corrected chi connectivity index (χ2v) is 6.02. The largest absolute Gasteiger partial charge is 0.418 e. The van der Waals surface area contributed by atoms with Crippen LogP contribution in [0.2, 0.25) is 0 Å². The summed E-state index contributed by atoms with van der Waals surface area (Å²) in [6, 6.07) is 13.6. The first kappa shape index (κ1) is 18.5. The van der Waals surface area contributed by atoms with Crippen LogP contribution >= 0.6 is 0 Å². The summed E-state index contributed by atoms with van der Waals surface area (Å²) in [5, 5.41) is 3.06. The van der Waals surface area contributed by atoms with Gasteiger partial charge in [-0.1, -0.05) is 30.3 Å². The molecule has 1 heterocycles. The number of nitrogens with zero attached hydrogens (tertiary/aromatic N) is 1. The number of carbonyl (C=O) groups is 2. The smallest absolute Gasteiger partial charge is 0.351 e. The number of H-pyrrole nitrogens is 1. The number of aromatic nitrogens is 1. The molecule has 0 fully saturated rings. The lowest BCUT2D eigenvalue weighted by Crippen LogP contribution is -2.35. The Balaban J connectivity index is 1.70. The number of halogens is 3. The summed E-state index contributed by atoms with van der Waals surface area (Å²) >= 11 is 0. The Hall–Kier alpha value is -3.29. The van der Waals surface area contributed by atoms with Crippen molar-refractivity contribution in [3.8, 4) is 0 Å². The number of aromatic amines is 1. The summed E-state index contributed by atoms with van der Waals surface area (Å²) in [5.74, 6) is -1.16. The standard InChI is InChI=1S/C19H16F3N3O2/c1-25(18(27)16-10-12-6-2-4-8-14(12)23-16)11-17(26)24-15-9-5-3-7-13(15)19(20,21)22/h2-10,23H,11H2,1H3,(H,24,26). The molecule has 0 radical (unpaired) electrons. The average molecular weight is 375 g/mol. The van der Waals surface area contributed by atoms with Gasteiger partial charge in [-0.05, 0) is 24.3 Å². The molecule has 0 aliphatic heterocycles. The molecule has 0 aliphatic carbocycles. The van der Waals surface area contributed by atoms with E-state index in [0.29, 0.717) is 5.69 Å². The van der Waals surface area contributed by atoms with E-state index >= 15 is 0 Å². The van der Waals surface area contributed by atoms with Gasteiger partial charge in [-0.3, -0.25) is 9.59 Å². The van der Waals surface area contributed by atoms with Gasteiger partial charge in [-0.25, -0.2) is 0 Å². The first-order valence-electron chi connectivity index (χ1n) is 8.05. The summed E-state index contributed by atoms with van der Waals surface area (Å²) in [5.41, 5.74) is -0.218. The second kappa shape index (κ2) is 7.14. The number of benzene rings is 2. The van der Waals surface area contributed by atoms with Gasteiger partial charge in [0.15, 0.2) is 0 Å². The number of carbonyl (C=O) groups excluding carboxylic acids is 2. The van der Waals surface area contributed by atoms with Crippen molar-refractivity contribution < 1.29 is 22.8 Å². The molecular formula is C19H16F3N3O2. The maximum absolute atomic E-state index is 13.0. The highest BCUT2D eigenvalue weighted by molar-refractivity contribution is 6.01. The van der Waals surface area contributed by atoms with E-state index < -0.39 is 23.6 Å². The van der Waals surface area contributed by atoms with Crippen molar-refractivity contribution in [3.05, 3.63) is 65.9 Å². The lowest BCUT2D eigenvalue weighted by molar-refractivity contribution is -0.137. The third-order valence-electron chi connectivity index (χ3n) is 3.99. The fraction of sp³-hybridized carbons (Fsp3) is 0.158. The van der Waals surface area contributed by atoms with Gasteiger partial charge >= 0.3 is 6.18 Å². The number of hydrogen-bond acceptors (Lipinski definition) is 2. The van der Waals surface area contributed by atoms with Gasteiger partial charge < -0.3 is 15.2 Å². The van der Waals surface area contributed by atoms with Crippen molar-refractivity contribution in [2.24, 2.45) is 0 Å². The van der Waals surface area contributed by atoms with E-state index in [0.717, 1.165) is 21.9 Å². The molecule has 0 saturated carbocycles. The van der Waals surface area contributed by atoms with Gasteiger partial charge in [0.1, 0.15) is 5.69 Å². The highest BCUT2D eigenvalue weighted by Gasteiger charge is 2.33. The maximum atomic E-state index is 13.0. The van der Waals surface area contributed by atoms with Crippen LogP contribution in [0.15, 0.2) is 54.6 Å². The molecule has 3 aromatic rings. The molecule has 140 valence electrons. The van der Waals surface area contributed by atoms with Crippen LogP contribution in [0.4, 0.5) is 18.9 Å². The van der Waals surface area contributed by atoms with E-state index in [2.05, 4.69) is 10.3 Å². The normalized spacial score (nSPS) is 11.4. The molecule has 3 rings (SSSR count). The zero-order valence-electron chi connectivity index (χ0n) is 14.3. The molecule has 2 aromatic carbocycles. The van der Waals surface area contributed by atoms with Gasteiger partial charge in [0.2, 0.25) is 5.91 Å². The molecule has 0 bridgehead atoms. The third kappa shape index (κ3) is 4.11. The van der Waals surface area contributed by atoms with E-state index in [1.165, 1.54) is 25.2 Å². The zero-order chi connectivity index (χ0) is 19.6. The zero-order valence-corrected chi connectivity index (χ0v) is 14.3. The van der Waals surface area contributed by atoms with Crippen molar-refractivity contribution in [1.82, 2.24) is 9.88 Å². The number of rotatable bonds is 4. The van der Waals surface area contributed by atoms with Crippen LogP contribution in [-0.2, 0) is 11.0 Å². The molecule has 8 heteroatoms. The third-order valence-corrected chi connectivity index (χ3v) is 3.99. The summed E-state index contributed by atoms with van der Waals surface area (Å²) in [7, 11) is 1.41. The first-order valence-corrected chi connectivity index (χ1v) is 8.05. The fourth-order valence-corrected chi connectivity index (χ4v) is 2.71. The highest BCUT2D eigenvalue weighted by Crippen LogP contribution is 2.34. The number of alkyl halides is 3. The number of likely N-dealkylation sites (N-methyl/N-ethyl adjacent to an activating group) is 1. The first-order chi connectivity index (χ1) is 12.8. The molecule has 2 amide bonds. The van der Waals surface area contributed by atoms with Crippen LogP contribution in [0.5, 0.6) is 0 Å². The Morgan fingerprint density at radius 1 is 1.07 bits per heavy atom. The Morgan fingerprint density at radius 2 is 1.74 bits per heavy atom. The van der Waals surface area contributed by atoms with Crippen LogP contribution in [0.25, 0.3) is 10.9 Å². The quantitative estimate of drug-likeness (QED) is 0.726. The molecule has 0 spiro atoms. The van der Waals surface area contributed by atoms with Crippen molar-refractivity contribution in [1.29, 1.82) is 0 Å². The number of para-hydroxylation sites is 2. The lowest BCUT2D eigenvalue weighted by Gasteiger charge is -2.17. The Kier molecular flexibility index (Phi) is 4.89. The molecule has 2 N–H and O–H groups in total. The highest BCUT2D eigenvalue weighted by atomic mass is 19.4. The van der Waals surface area contributed by atoms with Crippen LogP contribution in [-0.4, -0.2) is 35.3 Å². The monoisotopic (exact) mass is 375 g/mol. The van der Waals surface area contributed by atoms with Crippen molar-refractivity contribution in [2.75, 3.05) is 18.9 Å². The molecule has 0 aliphatic rings. The Labute approximate surface area is 152 Å². The number of nitrogens with one attached hydrogen (secondary N) is 2. The minimum Gasteiger partial charge on any atom is -0.351 e. The predicted octanol–water partition coefficient (Wildman–Crippen LogP) is 3.90. The fourth-order valence-electron chi connectivity index (χ4n) is 2.71. The maximum Gasteiger partial charge on any atom is 0.418 e. The Morgan fingerprint density at radius 3 is 2.44 bits per heavy atom. The summed E-state index contributed by atoms with van der Waals surface area (Å²) in [4.78, 5) is 28.7. The van der Waals surface area contributed by atoms with E-state index in [4.69, 9.17) is 0 Å². The summed E-state index contributed by atoms with van der Waals surface area (Å²) < 4.78 is 39.0. The number of hydrogen-bond donors (Lipinski definition) is 2. The summed E-state index contributed by atoms with van der Waals surface area (Å²) in [6.45, 7) is -0.389. The average Bonchev–Trinajstić information content (AvgIpc) is 3.04.